The van der Waals surface area contributed by atoms with Gasteiger partial charge in [0.25, 0.3) is 0 Å². The zero-order valence-corrected chi connectivity index (χ0v) is 8.55. The van der Waals surface area contributed by atoms with E-state index in [2.05, 4.69) is 31.5 Å². The van der Waals surface area contributed by atoms with Crippen molar-refractivity contribution in [2.24, 2.45) is 0 Å². The number of carbonyl (C=O) groups is 1. The van der Waals surface area contributed by atoms with E-state index in [1.807, 2.05) is 6.07 Å². The van der Waals surface area contributed by atoms with Gasteiger partial charge in [0.15, 0.2) is 5.82 Å². The van der Waals surface area contributed by atoms with Crippen molar-refractivity contribution in [3.63, 3.8) is 0 Å². The molecule has 0 aliphatic carbocycles. The molecule has 1 atom stereocenters. The molecule has 0 fully saturated rings. The SMILES string of the molecule is CC1Nc2ncc(Br)cc2NC1=O. The number of fused-ring (bicyclic) bond motifs is 1. The van der Waals surface area contributed by atoms with Gasteiger partial charge in [-0.3, -0.25) is 4.79 Å². The highest BCUT2D eigenvalue weighted by atomic mass is 79.9. The van der Waals surface area contributed by atoms with E-state index in [1.165, 1.54) is 0 Å². The molecule has 0 saturated carbocycles. The van der Waals surface area contributed by atoms with Gasteiger partial charge >= 0.3 is 0 Å². The molecule has 1 aromatic heterocycles. The van der Waals surface area contributed by atoms with Crippen molar-refractivity contribution in [1.29, 1.82) is 0 Å². The molecule has 2 rings (SSSR count). The molecule has 2 heterocycles. The average Bonchev–Trinajstić information content (AvgIpc) is 2.08. The first-order valence-electron chi connectivity index (χ1n) is 3.90. The first-order chi connectivity index (χ1) is 6.16. The molecule has 0 spiro atoms. The fraction of sp³-hybridized carbons (Fsp3) is 0.250. The van der Waals surface area contributed by atoms with Crippen molar-refractivity contribution in [2.45, 2.75) is 13.0 Å². The molecule has 1 aromatic rings. The van der Waals surface area contributed by atoms with Crippen LogP contribution in [0.15, 0.2) is 16.7 Å². The maximum atomic E-state index is 11.3. The maximum Gasteiger partial charge on any atom is 0.246 e. The minimum absolute atomic E-state index is 0.0348. The molecule has 0 radical (unpaired) electrons. The summed E-state index contributed by atoms with van der Waals surface area (Å²) in [6, 6.07) is 1.60. The number of hydrogen-bond acceptors (Lipinski definition) is 3. The minimum atomic E-state index is -0.221. The van der Waals surface area contributed by atoms with Crippen LogP contribution in [0.1, 0.15) is 6.92 Å². The molecular formula is C8H8BrN3O. The Labute approximate surface area is 83.9 Å². The van der Waals surface area contributed by atoms with E-state index in [1.54, 1.807) is 13.1 Å². The summed E-state index contributed by atoms with van der Waals surface area (Å²) in [5.41, 5.74) is 0.720. The number of amides is 1. The normalized spacial score (nSPS) is 20.2. The van der Waals surface area contributed by atoms with Crippen LogP contribution in [0.5, 0.6) is 0 Å². The van der Waals surface area contributed by atoms with Crippen molar-refractivity contribution < 1.29 is 4.79 Å². The monoisotopic (exact) mass is 241 g/mol. The number of anilines is 2. The summed E-state index contributed by atoms with van der Waals surface area (Å²) in [6.07, 6.45) is 1.69. The molecular weight excluding hydrogens is 234 g/mol. The molecule has 0 aromatic carbocycles. The quantitative estimate of drug-likeness (QED) is 0.726. The molecule has 5 heteroatoms. The average molecular weight is 242 g/mol. The summed E-state index contributed by atoms with van der Waals surface area (Å²) in [5.74, 6) is 0.683. The fourth-order valence-electron chi connectivity index (χ4n) is 1.16. The Hall–Kier alpha value is -1.10. The Balaban J connectivity index is 2.42. The Morgan fingerprint density at radius 1 is 1.62 bits per heavy atom. The summed E-state index contributed by atoms with van der Waals surface area (Å²) in [7, 11) is 0. The molecule has 13 heavy (non-hydrogen) atoms. The van der Waals surface area contributed by atoms with Crippen LogP contribution in [0, 0.1) is 0 Å². The van der Waals surface area contributed by atoms with Crippen molar-refractivity contribution in [3.8, 4) is 0 Å². The number of nitrogens with one attached hydrogen (secondary N) is 2. The zero-order chi connectivity index (χ0) is 9.42. The first-order valence-corrected chi connectivity index (χ1v) is 4.69. The predicted octanol–water partition coefficient (Wildman–Crippen LogP) is 1.60. The number of hydrogen-bond donors (Lipinski definition) is 2. The Kier molecular flexibility index (Phi) is 1.95. The van der Waals surface area contributed by atoms with Crippen LogP contribution in [0.2, 0.25) is 0 Å². The lowest BCUT2D eigenvalue weighted by atomic mass is 10.2. The number of aromatic nitrogens is 1. The molecule has 4 nitrogen and oxygen atoms in total. The van der Waals surface area contributed by atoms with Gasteiger partial charge in [0.2, 0.25) is 5.91 Å². The van der Waals surface area contributed by atoms with Crippen molar-refractivity contribution in [3.05, 3.63) is 16.7 Å². The molecule has 1 aliphatic heterocycles. The van der Waals surface area contributed by atoms with Crippen molar-refractivity contribution in [1.82, 2.24) is 4.98 Å². The van der Waals surface area contributed by atoms with Gasteiger partial charge in [-0.1, -0.05) is 0 Å². The van der Waals surface area contributed by atoms with E-state index in [0.717, 1.165) is 16.0 Å². The fourth-order valence-corrected chi connectivity index (χ4v) is 1.49. The van der Waals surface area contributed by atoms with Gasteiger partial charge in [-0.15, -0.1) is 0 Å². The number of rotatable bonds is 0. The topological polar surface area (TPSA) is 54.0 Å². The highest BCUT2D eigenvalue weighted by Crippen LogP contribution is 2.26. The molecule has 1 unspecified atom stereocenters. The zero-order valence-electron chi connectivity index (χ0n) is 6.97. The van der Waals surface area contributed by atoms with Gasteiger partial charge < -0.3 is 10.6 Å². The van der Waals surface area contributed by atoms with E-state index in [4.69, 9.17) is 0 Å². The van der Waals surface area contributed by atoms with Crippen LogP contribution < -0.4 is 10.6 Å². The maximum absolute atomic E-state index is 11.3. The lowest BCUT2D eigenvalue weighted by molar-refractivity contribution is -0.116. The third kappa shape index (κ3) is 1.51. The summed E-state index contributed by atoms with van der Waals surface area (Å²) < 4.78 is 0.850. The number of pyridine rings is 1. The summed E-state index contributed by atoms with van der Waals surface area (Å²) in [4.78, 5) is 15.4. The van der Waals surface area contributed by atoms with Crippen LogP contribution in [-0.2, 0) is 4.79 Å². The van der Waals surface area contributed by atoms with Gasteiger partial charge in [-0.25, -0.2) is 4.98 Å². The number of carbonyl (C=O) groups excluding carboxylic acids is 1. The Bertz CT molecular complexity index is 366. The van der Waals surface area contributed by atoms with Gasteiger partial charge in [0.1, 0.15) is 6.04 Å². The third-order valence-electron chi connectivity index (χ3n) is 1.86. The lowest BCUT2D eigenvalue weighted by Crippen LogP contribution is -2.36. The van der Waals surface area contributed by atoms with E-state index in [0.29, 0.717) is 0 Å². The van der Waals surface area contributed by atoms with E-state index >= 15 is 0 Å². The van der Waals surface area contributed by atoms with Crippen LogP contribution in [0.25, 0.3) is 0 Å². The second-order valence-corrected chi connectivity index (χ2v) is 3.82. The molecule has 1 amide bonds. The van der Waals surface area contributed by atoms with Crippen molar-refractivity contribution in [2.75, 3.05) is 10.6 Å². The summed E-state index contributed by atoms with van der Waals surface area (Å²) in [5, 5.41) is 5.75. The molecule has 68 valence electrons. The van der Waals surface area contributed by atoms with Crippen molar-refractivity contribution >= 4 is 33.3 Å². The largest absolute Gasteiger partial charge is 0.357 e. The van der Waals surface area contributed by atoms with Gasteiger partial charge in [-0.2, -0.15) is 0 Å². The van der Waals surface area contributed by atoms with Gasteiger partial charge in [0.05, 0.1) is 5.69 Å². The third-order valence-corrected chi connectivity index (χ3v) is 2.29. The van der Waals surface area contributed by atoms with E-state index in [-0.39, 0.29) is 11.9 Å². The van der Waals surface area contributed by atoms with Crippen LogP contribution in [-0.4, -0.2) is 16.9 Å². The smallest absolute Gasteiger partial charge is 0.246 e. The molecule has 0 saturated heterocycles. The first kappa shape index (κ1) is 8.50. The molecule has 1 aliphatic rings. The lowest BCUT2D eigenvalue weighted by Gasteiger charge is -2.22. The summed E-state index contributed by atoms with van der Waals surface area (Å²) >= 11 is 3.28. The standard InChI is InChI=1S/C8H8BrN3O/c1-4-8(13)12-6-2-5(9)3-10-7(6)11-4/h2-4H,1H3,(H,10,11)(H,12,13). The second-order valence-electron chi connectivity index (χ2n) is 2.90. The second kappa shape index (κ2) is 2.99. The van der Waals surface area contributed by atoms with Gasteiger partial charge in [-0.05, 0) is 28.9 Å². The molecule has 0 bridgehead atoms. The van der Waals surface area contributed by atoms with Gasteiger partial charge in [0, 0.05) is 10.7 Å². The van der Waals surface area contributed by atoms with E-state index in [9.17, 15) is 4.79 Å². The predicted molar refractivity (Wildman–Crippen MR) is 53.7 cm³/mol. The minimum Gasteiger partial charge on any atom is -0.357 e. The molecule has 2 N–H and O–H groups in total. The number of nitrogens with zero attached hydrogens (tertiary/aromatic N) is 1. The van der Waals surface area contributed by atoms with Crippen LogP contribution in [0.3, 0.4) is 0 Å². The number of halogens is 1. The van der Waals surface area contributed by atoms with Crippen LogP contribution >= 0.6 is 15.9 Å². The highest BCUT2D eigenvalue weighted by molar-refractivity contribution is 9.10. The Morgan fingerprint density at radius 3 is 3.15 bits per heavy atom. The highest BCUT2D eigenvalue weighted by Gasteiger charge is 2.21. The summed E-state index contributed by atoms with van der Waals surface area (Å²) in [6.45, 7) is 1.79. The van der Waals surface area contributed by atoms with E-state index < -0.39 is 0 Å². The van der Waals surface area contributed by atoms with Crippen LogP contribution in [0.4, 0.5) is 11.5 Å². The Morgan fingerprint density at radius 2 is 2.38 bits per heavy atom.